The van der Waals surface area contributed by atoms with Gasteiger partial charge in [-0.05, 0) is 12.5 Å². The number of Topliss-reactive ketones (excluding diaryl/α,β-unsaturated/α-hetero) is 1. The van der Waals surface area contributed by atoms with Crippen LogP contribution in [0.1, 0.15) is 18.1 Å². The Balaban J connectivity index is 2.52. The van der Waals surface area contributed by atoms with E-state index >= 15 is 0 Å². The number of nitrogens with one attached hydrogen (secondary N) is 1. The van der Waals surface area contributed by atoms with Crippen molar-refractivity contribution in [3.63, 3.8) is 0 Å². The minimum Gasteiger partial charge on any atom is -0.506 e. The maximum absolute atomic E-state index is 12.4. The van der Waals surface area contributed by atoms with Gasteiger partial charge in [-0.3, -0.25) is 14.4 Å². The maximum atomic E-state index is 12.4. The zero-order valence-electron chi connectivity index (χ0n) is 11.2. The van der Waals surface area contributed by atoms with E-state index in [1.54, 1.807) is 18.2 Å². The van der Waals surface area contributed by atoms with E-state index in [9.17, 15) is 19.5 Å². The quantitative estimate of drug-likeness (QED) is 0.576. The Labute approximate surface area is 120 Å². The van der Waals surface area contributed by atoms with Crippen LogP contribution in [-0.4, -0.2) is 34.4 Å². The molecule has 1 aliphatic carbocycles. The van der Waals surface area contributed by atoms with Gasteiger partial charge in [0.15, 0.2) is 5.78 Å². The van der Waals surface area contributed by atoms with E-state index in [-0.39, 0.29) is 5.56 Å². The number of nitrogens with two attached hydrogens (primary N) is 1. The number of hydrogen-bond donors (Lipinski definition) is 4. The number of aliphatic hydroxyl groups is 1. The van der Waals surface area contributed by atoms with E-state index < -0.39 is 41.1 Å². The van der Waals surface area contributed by atoms with E-state index in [2.05, 4.69) is 0 Å². The highest BCUT2D eigenvalue weighted by Crippen LogP contribution is 2.36. The van der Waals surface area contributed by atoms with Crippen LogP contribution in [-0.2, 0) is 19.9 Å². The molecule has 0 radical (unpaired) electrons. The summed E-state index contributed by atoms with van der Waals surface area (Å²) >= 11 is 0. The lowest BCUT2D eigenvalue weighted by atomic mass is 9.76. The molecule has 1 atom stereocenters. The molecule has 0 fully saturated rings. The summed E-state index contributed by atoms with van der Waals surface area (Å²) in [6, 6.07) is 6.43. The Hall–Kier alpha value is -2.67. The molecule has 1 amide bonds. The van der Waals surface area contributed by atoms with Crippen LogP contribution in [0, 0.1) is 0 Å². The highest BCUT2D eigenvalue weighted by Gasteiger charge is 2.43. The molecule has 0 aliphatic heterocycles. The Morgan fingerprint density at radius 2 is 1.95 bits per heavy atom. The average molecular weight is 290 g/mol. The van der Waals surface area contributed by atoms with Gasteiger partial charge in [0, 0.05) is 5.56 Å². The Bertz CT molecular complexity index is 676. The van der Waals surface area contributed by atoms with Crippen LogP contribution in [0.3, 0.4) is 0 Å². The molecule has 7 heteroatoms. The molecule has 1 aromatic rings. The molecule has 0 spiro atoms. The third-order valence-electron chi connectivity index (χ3n) is 3.30. The number of ketones is 1. The molecule has 1 aromatic carbocycles. The standard InChI is InChI=1S/C14H14N2O5/c1-14(15)8-5-3-2-4-7(8)11(19)10(12(14)20)13(21)16-6-9(17)18/h2-5,19H,6,15H2,1H3,(H,16,21)(H,17,18). The number of hydrogen-bond acceptors (Lipinski definition) is 5. The molecule has 0 aromatic heterocycles. The van der Waals surface area contributed by atoms with E-state index in [0.717, 1.165) is 0 Å². The molecule has 0 saturated heterocycles. The summed E-state index contributed by atoms with van der Waals surface area (Å²) in [5, 5.41) is 20.8. The molecule has 5 N–H and O–H groups in total. The molecule has 1 unspecified atom stereocenters. The number of benzene rings is 1. The van der Waals surface area contributed by atoms with Gasteiger partial charge >= 0.3 is 5.97 Å². The summed E-state index contributed by atoms with van der Waals surface area (Å²) in [6.45, 7) is 0.775. The number of amides is 1. The lowest BCUT2D eigenvalue weighted by Crippen LogP contribution is -2.49. The number of rotatable bonds is 3. The molecule has 2 rings (SSSR count). The summed E-state index contributed by atoms with van der Waals surface area (Å²) in [5.41, 5.74) is 4.67. The van der Waals surface area contributed by atoms with Gasteiger partial charge in [-0.25, -0.2) is 0 Å². The summed E-state index contributed by atoms with van der Waals surface area (Å²) in [6.07, 6.45) is 0. The molecule has 1 aliphatic rings. The van der Waals surface area contributed by atoms with Crippen molar-refractivity contribution in [2.45, 2.75) is 12.5 Å². The molecule has 0 saturated carbocycles. The Kier molecular flexibility index (Phi) is 3.52. The predicted octanol–water partition coefficient (Wildman–Crippen LogP) is -0.0869. The van der Waals surface area contributed by atoms with Crippen molar-refractivity contribution in [3.8, 4) is 0 Å². The first-order valence-electron chi connectivity index (χ1n) is 6.13. The Morgan fingerprint density at radius 3 is 2.57 bits per heavy atom. The third-order valence-corrected chi connectivity index (χ3v) is 3.30. The molecule has 0 heterocycles. The highest BCUT2D eigenvalue weighted by molar-refractivity contribution is 6.28. The second-order valence-corrected chi connectivity index (χ2v) is 4.88. The fourth-order valence-corrected chi connectivity index (χ4v) is 2.22. The number of carbonyl (C=O) groups is 3. The van der Waals surface area contributed by atoms with Crippen molar-refractivity contribution in [1.29, 1.82) is 0 Å². The highest BCUT2D eigenvalue weighted by atomic mass is 16.4. The van der Waals surface area contributed by atoms with Crippen LogP contribution >= 0.6 is 0 Å². The number of aliphatic carboxylic acids is 1. The van der Waals surface area contributed by atoms with Crippen LogP contribution < -0.4 is 11.1 Å². The zero-order valence-corrected chi connectivity index (χ0v) is 11.2. The van der Waals surface area contributed by atoms with Crippen LogP contribution in [0.5, 0.6) is 0 Å². The number of aliphatic hydroxyl groups excluding tert-OH is 1. The minimum atomic E-state index is -1.47. The Morgan fingerprint density at radius 1 is 1.33 bits per heavy atom. The topological polar surface area (TPSA) is 130 Å². The normalized spacial score (nSPS) is 21.0. The van der Waals surface area contributed by atoms with E-state index in [0.29, 0.717) is 5.56 Å². The third kappa shape index (κ3) is 2.38. The molecule has 7 nitrogen and oxygen atoms in total. The summed E-state index contributed by atoms with van der Waals surface area (Å²) in [5.74, 6) is -3.49. The van der Waals surface area contributed by atoms with Crippen molar-refractivity contribution < 1.29 is 24.6 Å². The average Bonchev–Trinajstić information content (AvgIpc) is 2.43. The molecular formula is C14H14N2O5. The van der Waals surface area contributed by atoms with Gasteiger partial charge < -0.3 is 21.3 Å². The van der Waals surface area contributed by atoms with E-state index in [1.165, 1.54) is 13.0 Å². The fraction of sp³-hybridized carbons (Fsp3) is 0.214. The smallest absolute Gasteiger partial charge is 0.322 e. The van der Waals surface area contributed by atoms with Gasteiger partial charge in [-0.2, -0.15) is 0 Å². The van der Waals surface area contributed by atoms with Gasteiger partial charge in [-0.1, -0.05) is 24.3 Å². The van der Waals surface area contributed by atoms with Crippen LogP contribution in [0.4, 0.5) is 0 Å². The number of carboxylic acid groups (broad SMARTS) is 1. The lowest BCUT2D eigenvalue weighted by Gasteiger charge is -2.31. The van der Waals surface area contributed by atoms with Crippen LogP contribution in [0.15, 0.2) is 29.8 Å². The van der Waals surface area contributed by atoms with Crippen molar-refractivity contribution in [2.24, 2.45) is 5.73 Å². The van der Waals surface area contributed by atoms with Crippen molar-refractivity contribution in [2.75, 3.05) is 6.54 Å². The van der Waals surface area contributed by atoms with Crippen LogP contribution in [0.25, 0.3) is 5.76 Å². The monoisotopic (exact) mass is 290 g/mol. The van der Waals surface area contributed by atoms with Gasteiger partial charge in [0.25, 0.3) is 5.91 Å². The molecule has 0 bridgehead atoms. The molecule has 110 valence electrons. The van der Waals surface area contributed by atoms with Gasteiger partial charge in [-0.15, -0.1) is 0 Å². The van der Waals surface area contributed by atoms with E-state index in [1.807, 2.05) is 5.32 Å². The largest absolute Gasteiger partial charge is 0.506 e. The summed E-state index contributed by atoms with van der Waals surface area (Å²) in [4.78, 5) is 34.8. The maximum Gasteiger partial charge on any atom is 0.322 e. The first kappa shape index (κ1) is 14.7. The fourth-order valence-electron chi connectivity index (χ4n) is 2.22. The molecular weight excluding hydrogens is 276 g/mol. The second-order valence-electron chi connectivity index (χ2n) is 4.88. The predicted molar refractivity (Wildman–Crippen MR) is 73.2 cm³/mol. The van der Waals surface area contributed by atoms with Crippen molar-refractivity contribution in [3.05, 3.63) is 41.0 Å². The van der Waals surface area contributed by atoms with Gasteiger partial charge in [0.1, 0.15) is 23.4 Å². The van der Waals surface area contributed by atoms with E-state index in [4.69, 9.17) is 10.8 Å². The first-order chi connectivity index (χ1) is 9.76. The lowest BCUT2D eigenvalue weighted by molar-refractivity contribution is -0.138. The first-order valence-corrected chi connectivity index (χ1v) is 6.13. The molecule has 21 heavy (non-hydrogen) atoms. The zero-order chi connectivity index (χ0) is 15.8. The summed E-state index contributed by atoms with van der Waals surface area (Å²) < 4.78 is 0. The van der Waals surface area contributed by atoms with Gasteiger partial charge in [0.2, 0.25) is 0 Å². The number of carboxylic acids is 1. The van der Waals surface area contributed by atoms with Crippen molar-refractivity contribution in [1.82, 2.24) is 5.32 Å². The number of fused-ring (bicyclic) bond motifs is 1. The SMILES string of the molecule is CC1(N)C(=O)C(C(=O)NCC(=O)O)=C(O)c2ccccc21. The van der Waals surface area contributed by atoms with Crippen molar-refractivity contribution >= 4 is 23.4 Å². The van der Waals surface area contributed by atoms with Gasteiger partial charge in [0.05, 0.1) is 0 Å². The summed E-state index contributed by atoms with van der Waals surface area (Å²) in [7, 11) is 0. The van der Waals surface area contributed by atoms with Crippen LogP contribution in [0.2, 0.25) is 0 Å². The second kappa shape index (κ2) is 5.02. The number of carbonyl (C=O) groups excluding carboxylic acids is 2. The minimum absolute atomic E-state index is 0.280.